The van der Waals surface area contributed by atoms with Crippen LogP contribution >= 0.6 is 0 Å². The molecule has 2 heterocycles. The van der Waals surface area contributed by atoms with Crippen LogP contribution < -0.4 is 5.32 Å². The maximum Gasteiger partial charge on any atom is 0.410 e. The standard InChI is InChI=1S/C20H23N3O3/c1-4-26-20(25)23-9-8-16-15(12-23)10-21-11-17(16)19(24)22-18-7-5-6-13(2)14(18)3/h5-7,10-11H,4,8-9,12H2,1-3H3,(H,22,24). The molecule has 0 fully saturated rings. The van der Waals surface area contributed by atoms with Crippen molar-refractivity contribution in [1.82, 2.24) is 9.88 Å². The quantitative estimate of drug-likeness (QED) is 0.917. The summed E-state index contributed by atoms with van der Waals surface area (Å²) in [7, 11) is 0. The predicted octanol–water partition coefficient (Wildman–Crippen LogP) is 3.47. The summed E-state index contributed by atoms with van der Waals surface area (Å²) < 4.78 is 5.06. The van der Waals surface area contributed by atoms with Gasteiger partial charge in [-0.15, -0.1) is 0 Å². The number of anilines is 1. The topological polar surface area (TPSA) is 71.5 Å². The average Bonchev–Trinajstić information content (AvgIpc) is 2.64. The molecule has 3 rings (SSSR count). The Morgan fingerprint density at radius 2 is 2.08 bits per heavy atom. The van der Waals surface area contributed by atoms with Crippen molar-refractivity contribution in [3.63, 3.8) is 0 Å². The van der Waals surface area contributed by atoms with Crippen molar-refractivity contribution in [2.45, 2.75) is 33.7 Å². The normalized spacial score (nSPS) is 13.1. The molecule has 1 aliphatic rings. The summed E-state index contributed by atoms with van der Waals surface area (Å²) in [4.78, 5) is 30.6. The van der Waals surface area contributed by atoms with Gasteiger partial charge in [-0.25, -0.2) is 4.79 Å². The molecule has 2 amide bonds. The Hall–Kier alpha value is -2.89. The zero-order valence-corrected chi connectivity index (χ0v) is 15.3. The van der Waals surface area contributed by atoms with Gasteiger partial charge in [0, 0.05) is 24.6 Å². The average molecular weight is 353 g/mol. The molecule has 1 aromatic carbocycles. The number of pyridine rings is 1. The molecule has 0 saturated carbocycles. The van der Waals surface area contributed by atoms with E-state index in [0.717, 1.165) is 27.9 Å². The van der Waals surface area contributed by atoms with Crippen LogP contribution in [0.2, 0.25) is 0 Å². The van der Waals surface area contributed by atoms with Crippen LogP contribution in [0.4, 0.5) is 10.5 Å². The fourth-order valence-electron chi connectivity index (χ4n) is 3.14. The summed E-state index contributed by atoms with van der Waals surface area (Å²) in [5, 5.41) is 2.99. The van der Waals surface area contributed by atoms with Crippen LogP contribution in [-0.4, -0.2) is 35.0 Å². The van der Waals surface area contributed by atoms with Crippen molar-refractivity contribution in [2.75, 3.05) is 18.5 Å². The Kier molecular flexibility index (Phi) is 5.21. The molecule has 0 spiro atoms. The number of carbonyl (C=O) groups excluding carboxylic acids is 2. The van der Waals surface area contributed by atoms with Gasteiger partial charge in [-0.05, 0) is 55.5 Å². The van der Waals surface area contributed by atoms with Crippen molar-refractivity contribution in [3.8, 4) is 0 Å². The molecule has 0 unspecified atom stereocenters. The van der Waals surface area contributed by atoms with Gasteiger partial charge in [0.05, 0.1) is 18.7 Å². The van der Waals surface area contributed by atoms with E-state index < -0.39 is 0 Å². The zero-order valence-electron chi connectivity index (χ0n) is 15.3. The lowest BCUT2D eigenvalue weighted by Crippen LogP contribution is -2.37. The Labute approximate surface area is 153 Å². The second-order valence-electron chi connectivity index (χ2n) is 6.40. The highest BCUT2D eigenvalue weighted by Gasteiger charge is 2.25. The van der Waals surface area contributed by atoms with E-state index in [1.165, 1.54) is 0 Å². The van der Waals surface area contributed by atoms with Crippen molar-refractivity contribution >= 4 is 17.7 Å². The van der Waals surface area contributed by atoms with Crippen molar-refractivity contribution in [3.05, 3.63) is 58.4 Å². The van der Waals surface area contributed by atoms with Crippen LogP contribution in [-0.2, 0) is 17.7 Å². The van der Waals surface area contributed by atoms with Crippen LogP contribution in [0.25, 0.3) is 0 Å². The maximum atomic E-state index is 12.8. The fourth-order valence-corrected chi connectivity index (χ4v) is 3.14. The lowest BCUT2D eigenvalue weighted by Gasteiger charge is -2.28. The minimum atomic E-state index is -0.330. The number of hydrogen-bond donors (Lipinski definition) is 1. The Morgan fingerprint density at radius 3 is 2.85 bits per heavy atom. The molecule has 136 valence electrons. The summed E-state index contributed by atoms with van der Waals surface area (Å²) in [5.74, 6) is -0.173. The largest absolute Gasteiger partial charge is 0.450 e. The van der Waals surface area contributed by atoms with Gasteiger partial charge < -0.3 is 15.0 Å². The van der Waals surface area contributed by atoms with Gasteiger partial charge in [-0.3, -0.25) is 9.78 Å². The highest BCUT2D eigenvalue weighted by Crippen LogP contribution is 2.24. The van der Waals surface area contributed by atoms with Gasteiger partial charge in [0.1, 0.15) is 0 Å². The van der Waals surface area contributed by atoms with Gasteiger partial charge in [-0.1, -0.05) is 12.1 Å². The number of benzene rings is 1. The number of aromatic nitrogens is 1. The molecule has 1 aromatic heterocycles. The zero-order chi connectivity index (χ0) is 18.7. The van der Waals surface area contributed by atoms with Gasteiger partial charge in [-0.2, -0.15) is 0 Å². The monoisotopic (exact) mass is 353 g/mol. The first-order valence-corrected chi connectivity index (χ1v) is 8.76. The molecule has 0 aliphatic carbocycles. The minimum Gasteiger partial charge on any atom is -0.450 e. The second-order valence-corrected chi connectivity index (χ2v) is 6.40. The number of rotatable bonds is 3. The third-order valence-corrected chi connectivity index (χ3v) is 4.76. The summed E-state index contributed by atoms with van der Waals surface area (Å²) in [6.45, 7) is 7.07. The van der Waals surface area contributed by atoms with Gasteiger partial charge in [0.15, 0.2) is 0 Å². The highest BCUT2D eigenvalue weighted by molar-refractivity contribution is 6.05. The van der Waals surface area contributed by atoms with E-state index in [1.807, 2.05) is 32.0 Å². The molecule has 0 atom stereocenters. The van der Waals surface area contributed by atoms with Gasteiger partial charge >= 0.3 is 6.09 Å². The molecule has 0 bridgehead atoms. The van der Waals surface area contributed by atoms with Crippen molar-refractivity contribution in [2.24, 2.45) is 0 Å². The summed E-state index contributed by atoms with van der Waals surface area (Å²) in [5.41, 5.74) is 5.37. The van der Waals surface area contributed by atoms with E-state index in [9.17, 15) is 9.59 Å². The van der Waals surface area contributed by atoms with Crippen LogP contribution in [0.5, 0.6) is 0 Å². The fraction of sp³-hybridized carbons (Fsp3) is 0.350. The number of amides is 2. The first-order chi connectivity index (χ1) is 12.5. The number of nitrogens with zero attached hydrogens (tertiary/aromatic N) is 2. The Balaban J connectivity index is 1.82. The van der Waals surface area contributed by atoms with E-state index >= 15 is 0 Å². The first-order valence-electron chi connectivity index (χ1n) is 8.76. The van der Waals surface area contributed by atoms with E-state index in [-0.39, 0.29) is 12.0 Å². The highest BCUT2D eigenvalue weighted by atomic mass is 16.6. The first kappa shape index (κ1) is 17.9. The van der Waals surface area contributed by atoms with Gasteiger partial charge in [0.25, 0.3) is 5.91 Å². The molecular weight excluding hydrogens is 330 g/mol. The number of fused-ring (bicyclic) bond motifs is 1. The predicted molar refractivity (Wildman–Crippen MR) is 99.2 cm³/mol. The SMILES string of the molecule is CCOC(=O)N1CCc2c(cncc2C(=O)Nc2cccc(C)c2C)C1. The van der Waals surface area contributed by atoms with E-state index in [1.54, 1.807) is 24.2 Å². The smallest absolute Gasteiger partial charge is 0.410 e. The van der Waals surface area contributed by atoms with E-state index in [4.69, 9.17) is 4.74 Å². The summed E-state index contributed by atoms with van der Waals surface area (Å²) in [6.07, 6.45) is 3.59. The lowest BCUT2D eigenvalue weighted by molar-refractivity contribution is 0.101. The Bertz CT molecular complexity index is 848. The molecule has 1 aliphatic heterocycles. The Morgan fingerprint density at radius 1 is 1.27 bits per heavy atom. The van der Waals surface area contributed by atoms with Crippen molar-refractivity contribution < 1.29 is 14.3 Å². The van der Waals surface area contributed by atoms with Crippen LogP contribution in [0, 0.1) is 13.8 Å². The number of aryl methyl sites for hydroxylation is 1. The molecule has 0 radical (unpaired) electrons. The summed E-state index contributed by atoms with van der Waals surface area (Å²) >= 11 is 0. The molecule has 0 saturated heterocycles. The maximum absolute atomic E-state index is 12.8. The molecule has 6 heteroatoms. The number of carbonyl (C=O) groups is 2. The van der Waals surface area contributed by atoms with E-state index in [0.29, 0.717) is 31.7 Å². The van der Waals surface area contributed by atoms with Gasteiger partial charge in [0.2, 0.25) is 0 Å². The van der Waals surface area contributed by atoms with Crippen LogP contribution in [0.15, 0.2) is 30.6 Å². The number of nitrogens with one attached hydrogen (secondary N) is 1. The molecule has 26 heavy (non-hydrogen) atoms. The van der Waals surface area contributed by atoms with Crippen molar-refractivity contribution in [1.29, 1.82) is 0 Å². The molecule has 1 N–H and O–H groups in total. The number of hydrogen-bond acceptors (Lipinski definition) is 4. The lowest BCUT2D eigenvalue weighted by atomic mass is 9.96. The third kappa shape index (κ3) is 3.54. The molecule has 2 aromatic rings. The van der Waals surface area contributed by atoms with E-state index in [2.05, 4.69) is 10.3 Å². The second kappa shape index (κ2) is 7.56. The third-order valence-electron chi connectivity index (χ3n) is 4.76. The minimum absolute atomic E-state index is 0.173. The number of ether oxygens (including phenoxy) is 1. The molecule has 6 nitrogen and oxygen atoms in total. The summed E-state index contributed by atoms with van der Waals surface area (Å²) in [6, 6.07) is 5.83. The van der Waals surface area contributed by atoms with Crippen LogP contribution in [0.3, 0.4) is 0 Å². The molecular formula is C20H23N3O3. The van der Waals surface area contributed by atoms with Crippen LogP contribution in [0.1, 0.15) is 39.5 Å².